The predicted octanol–water partition coefficient (Wildman–Crippen LogP) is 3.83. The first-order chi connectivity index (χ1) is 13.1. The molecule has 0 atom stereocenters. The maximum absolute atomic E-state index is 13.1. The van der Waals surface area contributed by atoms with Gasteiger partial charge in [-0.2, -0.15) is 5.10 Å². The van der Waals surface area contributed by atoms with Crippen molar-refractivity contribution < 1.29 is 13.9 Å². The summed E-state index contributed by atoms with van der Waals surface area (Å²) in [5.41, 5.74) is 2.61. The minimum absolute atomic E-state index is 0.168. The van der Waals surface area contributed by atoms with Crippen LogP contribution in [-0.4, -0.2) is 28.8 Å². The Hall–Kier alpha value is -3.15. The van der Waals surface area contributed by atoms with E-state index in [1.165, 1.54) is 12.1 Å². The van der Waals surface area contributed by atoms with Gasteiger partial charge in [-0.05, 0) is 56.7 Å². The van der Waals surface area contributed by atoms with Crippen LogP contribution in [0.4, 0.5) is 4.39 Å². The van der Waals surface area contributed by atoms with Gasteiger partial charge in [-0.1, -0.05) is 18.2 Å². The zero-order valence-corrected chi connectivity index (χ0v) is 15.4. The molecule has 0 radical (unpaired) electrons. The lowest BCUT2D eigenvalue weighted by Crippen LogP contribution is -2.26. The Morgan fingerprint density at radius 1 is 1.11 bits per heavy atom. The highest BCUT2D eigenvalue weighted by Crippen LogP contribution is 2.18. The van der Waals surface area contributed by atoms with Crippen molar-refractivity contribution in [3.63, 3.8) is 0 Å². The molecule has 3 aromatic rings. The first-order valence-corrected chi connectivity index (χ1v) is 8.84. The number of para-hydroxylation sites is 1. The van der Waals surface area contributed by atoms with Crippen LogP contribution in [0.5, 0.6) is 5.75 Å². The molecule has 1 heterocycles. The molecule has 0 aliphatic carbocycles. The van der Waals surface area contributed by atoms with Crippen molar-refractivity contribution in [1.82, 2.24) is 15.1 Å². The summed E-state index contributed by atoms with van der Waals surface area (Å²) >= 11 is 0. The molecular weight excluding hydrogens is 345 g/mol. The molecule has 0 spiro atoms. The van der Waals surface area contributed by atoms with Crippen molar-refractivity contribution in [2.75, 3.05) is 13.2 Å². The second-order valence-electron chi connectivity index (χ2n) is 6.21. The van der Waals surface area contributed by atoms with E-state index in [9.17, 15) is 9.18 Å². The molecule has 3 rings (SSSR count). The zero-order valence-electron chi connectivity index (χ0n) is 15.4. The molecule has 1 amide bonds. The molecule has 0 unspecified atom stereocenters. The van der Waals surface area contributed by atoms with Crippen LogP contribution in [0.1, 0.15) is 28.2 Å². The van der Waals surface area contributed by atoms with Crippen LogP contribution in [0.3, 0.4) is 0 Å². The number of hydrogen-bond acceptors (Lipinski definition) is 3. The third kappa shape index (κ3) is 4.53. The Morgan fingerprint density at radius 3 is 2.52 bits per heavy atom. The summed E-state index contributed by atoms with van der Waals surface area (Å²) in [6.45, 7) is 4.65. The van der Waals surface area contributed by atoms with Gasteiger partial charge in [0.05, 0.1) is 29.2 Å². The van der Waals surface area contributed by atoms with Gasteiger partial charge in [0.15, 0.2) is 0 Å². The highest BCUT2D eigenvalue weighted by atomic mass is 19.1. The van der Waals surface area contributed by atoms with Gasteiger partial charge in [0.1, 0.15) is 11.6 Å². The summed E-state index contributed by atoms with van der Waals surface area (Å²) in [6, 6.07) is 15.6. The Labute approximate surface area is 157 Å². The molecule has 6 heteroatoms. The Morgan fingerprint density at radius 2 is 1.81 bits per heavy atom. The second kappa shape index (κ2) is 8.49. The van der Waals surface area contributed by atoms with Crippen molar-refractivity contribution in [2.24, 2.45) is 0 Å². The van der Waals surface area contributed by atoms with Crippen molar-refractivity contribution in [2.45, 2.75) is 20.3 Å². The number of hydrogen-bond donors (Lipinski definition) is 1. The average molecular weight is 367 g/mol. The van der Waals surface area contributed by atoms with Gasteiger partial charge in [-0.15, -0.1) is 0 Å². The molecule has 0 aliphatic rings. The molecule has 0 saturated heterocycles. The van der Waals surface area contributed by atoms with E-state index < -0.39 is 0 Å². The lowest BCUT2D eigenvalue weighted by atomic mass is 10.2. The van der Waals surface area contributed by atoms with E-state index in [0.29, 0.717) is 36.5 Å². The van der Waals surface area contributed by atoms with Crippen LogP contribution < -0.4 is 10.1 Å². The summed E-state index contributed by atoms with van der Waals surface area (Å²) in [5, 5.41) is 7.33. The Balaban J connectivity index is 1.57. The van der Waals surface area contributed by atoms with Crippen molar-refractivity contribution in [3.8, 4) is 11.4 Å². The van der Waals surface area contributed by atoms with Gasteiger partial charge in [0, 0.05) is 6.54 Å². The zero-order chi connectivity index (χ0) is 19.2. The van der Waals surface area contributed by atoms with Crippen LogP contribution in [0.15, 0.2) is 54.6 Å². The third-order valence-electron chi connectivity index (χ3n) is 4.21. The van der Waals surface area contributed by atoms with E-state index in [0.717, 1.165) is 11.4 Å². The van der Waals surface area contributed by atoms with Crippen LogP contribution in [0, 0.1) is 19.7 Å². The normalized spacial score (nSPS) is 10.6. The molecule has 0 fully saturated rings. The van der Waals surface area contributed by atoms with Crippen LogP contribution in [-0.2, 0) is 0 Å². The maximum Gasteiger partial charge on any atom is 0.255 e. The summed E-state index contributed by atoms with van der Waals surface area (Å²) in [5.74, 6) is 0.338. The number of nitrogens with one attached hydrogen (secondary N) is 1. The van der Waals surface area contributed by atoms with E-state index >= 15 is 0 Å². The lowest BCUT2D eigenvalue weighted by Gasteiger charge is -2.08. The van der Waals surface area contributed by atoms with E-state index in [1.807, 2.05) is 37.3 Å². The number of halogens is 1. The van der Waals surface area contributed by atoms with Gasteiger partial charge in [-0.3, -0.25) is 4.79 Å². The molecule has 0 saturated carbocycles. The van der Waals surface area contributed by atoms with Crippen molar-refractivity contribution in [3.05, 3.63) is 77.4 Å². The lowest BCUT2D eigenvalue weighted by molar-refractivity contribution is 0.0950. The minimum Gasteiger partial charge on any atom is -0.494 e. The molecule has 1 aromatic heterocycles. The molecule has 1 N–H and O–H groups in total. The monoisotopic (exact) mass is 367 g/mol. The standard InChI is InChI=1S/C21H22FN3O2/c1-15-20(16(2)25(24-15)18-11-9-17(22)10-12-18)21(26)23-13-6-14-27-19-7-4-3-5-8-19/h3-5,7-12H,6,13-14H2,1-2H3,(H,23,26). The first-order valence-electron chi connectivity index (χ1n) is 8.84. The molecule has 0 bridgehead atoms. The highest BCUT2D eigenvalue weighted by Gasteiger charge is 2.19. The first kappa shape index (κ1) is 18.6. The van der Waals surface area contributed by atoms with E-state index in [4.69, 9.17) is 4.74 Å². The number of carbonyl (C=O) groups excluding carboxylic acids is 1. The van der Waals surface area contributed by atoms with Crippen LogP contribution in [0.25, 0.3) is 5.69 Å². The number of carbonyl (C=O) groups is 1. The minimum atomic E-state index is -0.309. The molecule has 27 heavy (non-hydrogen) atoms. The SMILES string of the molecule is Cc1nn(-c2ccc(F)cc2)c(C)c1C(=O)NCCCOc1ccccc1. The average Bonchev–Trinajstić information content (AvgIpc) is 2.97. The fourth-order valence-electron chi connectivity index (χ4n) is 2.87. The maximum atomic E-state index is 13.1. The van der Waals surface area contributed by atoms with E-state index in [-0.39, 0.29) is 11.7 Å². The van der Waals surface area contributed by atoms with Gasteiger partial charge < -0.3 is 10.1 Å². The third-order valence-corrected chi connectivity index (χ3v) is 4.21. The number of aryl methyl sites for hydroxylation is 1. The summed E-state index contributed by atoms with van der Waals surface area (Å²) in [4.78, 5) is 12.6. The molecule has 5 nitrogen and oxygen atoms in total. The van der Waals surface area contributed by atoms with Gasteiger partial charge in [0.25, 0.3) is 5.91 Å². The van der Waals surface area contributed by atoms with E-state index in [1.54, 1.807) is 23.7 Å². The highest BCUT2D eigenvalue weighted by molar-refractivity contribution is 5.96. The number of aromatic nitrogens is 2. The van der Waals surface area contributed by atoms with Crippen LogP contribution in [0.2, 0.25) is 0 Å². The van der Waals surface area contributed by atoms with Crippen molar-refractivity contribution >= 4 is 5.91 Å². The Kier molecular flexibility index (Phi) is 5.86. The fourth-order valence-corrected chi connectivity index (χ4v) is 2.87. The molecular formula is C21H22FN3O2. The van der Waals surface area contributed by atoms with Crippen LogP contribution >= 0.6 is 0 Å². The number of amides is 1. The quantitative estimate of drug-likeness (QED) is 0.646. The largest absolute Gasteiger partial charge is 0.494 e. The topological polar surface area (TPSA) is 56.2 Å². The van der Waals surface area contributed by atoms with E-state index in [2.05, 4.69) is 10.4 Å². The molecule has 140 valence electrons. The smallest absolute Gasteiger partial charge is 0.255 e. The fraction of sp³-hybridized carbons (Fsp3) is 0.238. The predicted molar refractivity (Wildman–Crippen MR) is 102 cm³/mol. The number of benzene rings is 2. The van der Waals surface area contributed by atoms with Gasteiger partial charge in [0.2, 0.25) is 0 Å². The number of nitrogens with zero attached hydrogens (tertiary/aromatic N) is 2. The Bertz CT molecular complexity index is 905. The summed E-state index contributed by atoms with van der Waals surface area (Å²) in [6.07, 6.45) is 0.699. The summed E-state index contributed by atoms with van der Waals surface area (Å²) in [7, 11) is 0. The van der Waals surface area contributed by atoms with Crippen molar-refractivity contribution in [1.29, 1.82) is 0 Å². The van der Waals surface area contributed by atoms with Gasteiger partial charge in [-0.25, -0.2) is 9.07 Å². The summed E-state index contributed by atoms with van der Waals surface area (Å²) < 4.78 is 20.4. The van der Waals surface area contributed by atoms with Gasteiger partial charge >= 0.3 is 0 Å². The molecule has 2 aromatic carbocycles. The number of rotatable bonds is 7. The second-order valence-corrected chi connectivity index (χ2v) is 6.21. The number of ether oxygens (including phenoxy) is 1. The molecule has 0 aliphatic heterocycles.